The van der Waals surface area contributed by atoms with E-state index in [1.165, 1.54) is 6.07 Å². The Morgan fingerprint density at radius 3 is 1.95 bits per heavy atom. The van der Waals surface area contributed by atoms with Crippen LogP contribution in [0, 0.1) is 34.6 Å². The molecule has 0 saturated heterocycles. The van der Waals surface area contributed by atoms with Crippen LogP contribution in [0.4, 0.5) is 0 Å². The molecule has 5 heteroatoms. The predicted octanol–water partition coefficient (Wildman–Crippen LogP) is 3.47. The van der Waals surface area contributed by atoms with Gasteiger partial charge in [0.05, 0.1) is 4.90 Å². The first-order valence-electron chi connectivity index (χ1n) is 6.92. The van der Waals surface area contributed by atoms with Gasteiger partial charge in [-0.15, -0.1) is 0 Å². The van der Waals surface area contributed by atoms with Crippen LogP contribution in [0.2, 0.25) is 0 Å². The van der Waals surface area contributed by atoms with Gasteiger partial charge in [-0.25, -0.2) is 8.42 Å². The molecule has 4 nitrogen and oxygen atoms in total. The van der Waals surface area contributed by atoms with Crippen LogP contribution in [0.25, 0.3) is 0 Å². The van der Waals surface area contributed by atoms with Gasteiger partial charge in [0, 0.05) is 5.56 Å². The molecule has 2 rings (SSSR count). The van der Waals surface area contributed by atoms with Crippen LogP contribution in [-0.4, -0.2) is 18.6 Å². The zero-order valence-electron chi connectivity index (χ0n) is 13.4. The maximum absolute atomic E-state index is 13.0. The largest absolute Gasteiger partial charge is 0.507 e. The van der Waals surface area contributed by atoms with Gasteiger partial charge in [0.1, 0.15) is 16.4 Å². The fourth-order valence-corrected chi connectivity index (χ4v) is 4.54. The summed E-state index contributed by atoms with van der Waals surface area (Å²) in [5.74, 6) is -0.294. The van der Waals surface area contributed by atoms with Gasteiger partial charge < -0.3 is 10.2 Å². The number of rotatable bonds is 2. The highest BCUT2D eigenvalue weighted by atomic mass is 32.2. The Labute approximate surface area is 131 Å². The molecular weight excluding hydrogens is 300 g/mol. The standard InChI is InChI=1S/C17H20O4S/c1-9-6-11(3)17(14(18)7-9)22(20,21)15-8-10(2)12(4)16(19)13(15)5/h6-8,18-19H,1-5H3. The van der Waals surface area contributed by atoms with E-state index in [1.807, 2.05) is 0 Å². The zero-order valence-corrected chi connectivity index (χ0v) is 14.2. The van der Waals surface area contributed by atoms with E-state index < -0.39 is 9.84 Å². The fourth-order valence-electron chi connectivity index (χ4n) is 2.67. The van der Waals surface area contributed by atoms with Crippen LogP contribution in [0.15, 0.2) is 28.0 Å². The van der Waals surface area contributed by atoms with Crippen molar-refractivity contribution in [2.75, 3.05) is 0 Å². The van der Waals surface area contributed by atoms with Crippen LogP contribution in [-0.2, 0) is 9.84 Å². The van der Waals surface area contributed by atoms with E-state index in [0.29, 0.717) is 22.3 Å². The quantitative estimate of drug-likeness (QED) is 0.888. The van der Waals surface area contributed by atoms with E-state index >= 15 is 0 Å². The number of aromatic hydroxyl groups is 2. The van der Waals surface area contributed by atoms with Crippen molar-refractivity contribution in [3.8, 4) is 11.5 Å². The molecule has 0 radical (unpaired) electrons. The topological polar surface area (TPSA) is 74.6 Å². The van der Waals surface area contributed by atoms with Gasteiger partial charge >= 0.3 is 0 Å². The summed E-state index contributed by atoms with van der Waals surface area (Å²) in [4.78, 5) is -0.0841. The molecule has 0 heterocycles. The third-order valence-corrected chi connectivity index (χ3v) is 6.05. The number of phenolic OH excluding ortho intramolecular Hbond substituents is 2. The SMILES string of the molecule is Cc1cc(C)c(S(=O)(=O)c2cc(C)c(C)c(O)c2C)c(O)c1. The van der Waals surface area contributed by atoms with Crippen molar-refractivity contribution in [3.05, 3.63) is 46.0 Å². The first kappa shape index (κ1) is 16.4. The molecule has 0 unspecified atom stereocenters. The van der Waals surface area contributed by atoms with Gasteiger partial charge in [-0.3, -0.25) is 0 Å². The first-order valence-corrected chi connectivity index (χ1v) is 8.40. The van der Waals surface area contributed by atoms with Crippen LogP contribution in [0.5, 0.6) is 11.5 Å². The molecular formula is C17H20O4S. The third-order valence-electron chi connectivity index (χ3n) is 3.98. The molecule has 2 aromatic rings. The van der Waals surface area contributed by atoms with Crippen molar-refractivity contribution in [2.45, 2.75) is 44.4 Å². The lowest BCUT2D eigenvalue weighted by molar-refractivity contribution is 0.455. The number of phenols is 2. The van der Waals surface area contributed by atoms with Crippen molar-refractivity contribution in [1.29, 1.82) is 0 Å². The minimum Gasteiger partial charge on any atom is -0.507 e. The Morgan fingerprint density at radius 1 is 0.818 bits per heavy atom. The Hall–Kier alpha value is -2.01. The summed E-state index contributed by atoms with van der Waals surface area (Å²) in [5.41, 5.74) is 2.90. The Bertz CT molecular complexity index is 842. The molecule has 0 aliphatic carbocycles. The van der Waals surface area contributed by atoms with Gasteiger partial charge in [-0.1, -0.05) is 6.07 Å². The van der Waals surface area contributed by atoms with Crippen LogP contribution >= 0.6 is 0 Å². The lowest BCUT2D eigenvalue weighted by Gasteiger charge is -2.16. The van der Waals surface area contributed by atoms with Crippen molar-refractivity contribution in [2.24, 2.45) is 0 Å². The Kier molecular flexibility index (Phi) is 3.96. The van der Waals surface area contributed by atoms with Gasteiger partial charge in [-0.2, -0.15) is 0 Å². The highest BCUT2D eigenvalue weighted by Gasteiger charge is 2.27. The number of benzene rings is 2. The van der Waals surface area contributed by atoms with E-state index in [4.69, 9.17) is 0 Å². The van der Waals surface area contributed by atoms with Gasteiger partial charge in [0.25, 0.3) is 0 Å². The maximum Gasteiger partial charge on any atom is 0.210 e. The highest BCUT2D eigenvalue weighted by molar-refractivity contribution is 7.91. The number of hydrogen-bond acceptors (Lipinski definition) is 4. The summed E-state index contributed by atoms with van der Waals surface area (Å²) in [6, 6.07) is 4.68. The van der Waals surface area contributed by atoms with Crippen LogP contribution in [0.1, 0.15) is 27.8 Å². The summed E-state index contributed by atoms with van der Waals surface area (Å²) >= 11 is 0. The molecule has 2 N–H and O–H groups in total. The summed E-state index contributed by atoms with van der Waals surface area (Å²) in [5, 5.41) is 20.2. The Morgan fingerprint density at radius 2 is 1.41 bits per heavy atom. The fraction of sp³-hybridized carbons (Fsp3) is 0.294. The van der Waals surface area contributed by atoms with E-state index in [0.717, 1.165) is 5.56 Å². The van der Waals surface area contributed by atoms with Gasteiger partial charge in [0.2, 0.25) is 9.84 Å². The number of aryl methyl sites for hydroxylation is 3. The van der Waals surface area contributed by atoms with Crippen LogP contribution < -0.4 is 0 Å². The zero-order chi connectivity index (χ0) is 16.8. The normalized spacial score (nSPS) is 11.7. The summed E-state index contributed by atoms with van der Waals surface area (Å²) < 4.78 is 25.9. The molecule has 0 atom stereocenters. The predicted molar refractivity (Wildman–Crippen MR) is 85.4 cm³/mol. The average Bonchev–Trinajstić information content (AvgIpc) is 2.38. The lowest BCUT2D eigenvalue weighted by Crippen LogP contribution is -2.08. The van der Waals surface area contributed by atoms with E-state index in [-0.39, 0.29) is 21.3 Å². The number of sulfone groups is 1. The lowest BCUT2D eigenvalue weighted by atomic mass is 10.1. The third kappa shape index (κ3) is 2.46. The molecule has 118 valence electrons. The molecule has 0 spiro atoms. The van der Waals surface area contributed by atoms with E-state index in [1.54, 1.807) is 46.8 Å². The second-order valence-electron chi connectivity index (χ2n) is 5.72. The van der Waals surface area contributed by atoms with Crippen molar-refractivity contribution in [3.63, 3.8) is 0 Å². The second kappa shape index (κ2) is 5.32. The maximum atomic E-state index is 13.0. The number of hydrogen-bond donors (Lipinski definition) is 2. The summed E-state index contributed by atoms with van der Waals surface area (Å²) in [6.45, 7) is 8.49. The summed E-state index contributed by atoms with van der Waals surface area (Å²) in [6.07, 6.45) is 0. The van der Waals surface area contributed by atoms with Crippen molar-refractivity contribution < 1.29 is 18.6 Å². The Balaban J connectivity index is 2.83. The molecule has 0 fully saturated rings. The second-order valence-corrected chi connectivity index (χ2v) is 7.58. The molecule has 0 aliphatic heterocycles. The van der Waals surface area contributed by atoms with E-state index in [2.05, 4.69) is 0 Å². The molecule has 2 aromatic carbocycles. The van der Waals surface area contributed by atoms with Gasteiger partial charge in [0.15, 0.2) is 0 Å². The molecule has 0 bridgehead atoms. The van der Waals surface area contributed by atoms with Crippen molar-refractivity contribution >= 4 is 9.84 Å². The molecule has 0 aliphatic rings. The molecule has 22 heavy (non-hydrogen) atoms. The molecule has 0 aromatic heterocycles. The van der Waals surface area contributed by atoms with Crippen LogP contribution in [0.3, 0.4) is 0 Å². The van der Waals surface area contributed by atoms with Gasteiger partial charge in [-0.05, 0) is 69.0 Å². The smallest absolute Gasteiger partial charge is 0.210 e. The molecule has 0 amide bonds. The highest BCUT2D eigenvalue weighted by Crippen LogP contribution is 2.37. The minimum absolute atomic E-state index is 0.0235. The minimum atomic E-state index is -3.92. The molecule has 0 saturated carbocycles. The average molecular weight is 320 g/mol. The van der Waals surface area contributed by atoms with Crippen molar-refractivity contribution in [1.82, 2.24) is 0 Å². The first-order chi connectivity index (χ1) is 10.1. The van der Waals surface area contributed by atoms with E-state index in [9.17, 15) is 18.6 Å². The summed E-state index contributed by atoms with van der Waals surface area (Å²) in [7, 11) is -3.92. The monoisotopic (exact) mass is 320 g/mol.